The van der Waals surface area contributed by atoms with Crippen LogP contribution < -0.4 is 5.32 Å². The summed E-state index contributed by atoms with van der Waals surface area (Å²) in [5, 5.41) is 4.01. The molecule has 0 aliphatic carbocycles. The predicted molar refractivity (Wildman–Crippen MR) is 91.7 cm³/mol. The van der Waals surface area contributed by atoms with Gasteiger partial charge in [0.2, 0.25) is 0 Å². The highest BCUT2D eigenvalue weighted by Gasteiger charge is 2.14. The first kappa shape index (κ1) is 16.2. The summed E-state index contributed by atoms with van der Waals surface area (Å²) >= 11 is 8.06. The maximum absolute atomic E-state index is 6.22. The molecule has 0 spiro atoms. The maximum Gasteiger partial charge on any atom is 0.137 e. The zero-order valence-corrected chi connectivity index (χ0v) is 14.8. The van der Waals surface area contributed by atoms with Crippen molar-refractivity contribution in [2.75, 3.05) is 5.32 Å². The minimum Gasteiger partial charge on any atom is -0.367 e. The minimum absolute atomic E-state index is 0.263. The first-order valence-electron chi connectivity index (χ1n) is 7.22. The molecule has 0 saturated heterocycles. The topological polar surface area (TPSA) is 37.8 Å². The number of halogens is 1. The van der Waals surface area contributed by atoms with Gasteiger partial charge in [-0.05, 0) is 32.9 Å². The molecule has 2 rings (SSSR count). The van der Waals surface area contributed by atoms with Gasteiger partial charge in [0.15, 0.2) is 0 Å². The fourth-order valence-corrected chi connectivity index (χ4v) is 3.28. The smallest absolute Gasteiger partial charge is 0.137 e. The second-order valence-electron chi connectivity index (χ2n) is 5.76. The number of nitrogens with one attached hydrogen (secondary N) is 1. The van der Waals surface area contributed by atoms with Crippen molar-refractivity contribution in [1.29, 1.82) is 0 Å². The van der Waals surface area contributed by atoms with E-state index in [1.807, 2.05) is 18.3 Å². The Bertz CT molecular complexity index is 622. The Morgan fingerprint density at radius 1 is 1.19 bits per heavy atom. The van der Waals surface area contributed by atoms with Crippen LogP contribution in [0.5, 0.6) is 0 Å². The summed E-state index contributed by atoms with van der Waals surface area (Å²) in [4.78, 5) is 11.7. The first-order valence-corrected chi connectivity index (χ1v) is 8.42. The number of hydrogen-bond acceptors (Lipinski definition) is 4. The standard InChI is InChI=1S/C16H22ClN3S/c1-9(2)15-19-14(17)12(5)16(20-15)18-10(3)8-13-7-6-11(4)21-13/h6-7,9-10H,8H2,1-5H3,(H,18,19,20). The Morgan fingerprint density at radius 3 is 2.48 bits per heavy atom. The van der Waals surface area contributed by atoms with Gasteiger partial charge in [-0.1, -0.05) is 25.4 Å². The molecule has 2 heterocycles. The van der Waals surface area contributed by atoms with Crippen LogP contribution in [0.1, 0.15) is 47.8 Å². The summed E-state index contributed by atoms with van der Waals surface area (Å²) < 4.78 is 0. The number of aryl methyl sites for hydroxylation is 1. The molecular weight excluding hydrogens is 302 g/mol. The second-order valence-corrected chi connectivity index (χ2v) is 7.49. The van der Waals surface area contributed by atoms with Gasteiger partial charge in [0, 0.05) is 33.7 Å². The summed E-state index contributed by atoms with van der Waals surface area (Å²) in [6.07, 6.45) is 0.983. The largest absolute Gasteiger partial charge is 0.367 e. The molecule has 0 fully saturated rings. The molecule has 21 heavy (non-hydrogen) atoms. The van der Waals surface area contributed by atoms with E-state index >= 15 is 0 Å². The normalized spacial score (nSPS) is 12.7. The van der Waals surface area contributed by atoms with Gasteiger partial charge < -0.3 is 5.32 Å². The molecule has 2 aromatic heterocycles. The van der Waals surface area contributed by atoms with Gasteiger partial charge in [-0.15, -0.1) is 11.3 Å². The first-order chi connectivity index (χ1) is 9.86. The molecule has 1 unspecified atom stereocenters. The third-order valence-corrected chi connectivity index (χ3v) is 4.70. The summed E-state index contributed by atoms with van der Waals surface area (Å²) in [5.41, 5.74) is 0.912. The second kappa shape index (κ2) is 6.75. The molecule has 3 nitrogen and oxygen atoms in total. The minimum atomic E-state index is 0.263. The summed E-state index contributed by atoms with van der Waals surface area (Å²) in [7, 11) is 0. The quantitative estimate of drug-likeness (QED) is 0.789. The molecule has 114 valence electrons. The maximum atomic E-state index is 6.22. The number of thiophene rings is 1. The third kappa shape index (κ3) is 4.17. The van der Waals surface area contributed by atoms with Crippen molar-refractivity contribution in [3.63, 3.8) is 0 Å². The average Bonchev–Trinajstić information content (AvgIpc) is 2.79. The van der Waals surface area contributed by atoms with Gasteiger partial charge in [0.25, 0.3) is 0 Å². The monoisotopic (exact) mass is 323 g/mol. The lowest BCUT2D eigenvalue weighted by molar-refractivity contribution is 0.753. The lowest BCUT2D eigenvalue weighted by Crippen LogP contribution is -2.20. The number of nitrogens with zero attached hydrogens (tertiary/aromatic N) is 2. The lowest BCUT2D eigenvalue weighted by atomic mass is 10.2. The highest BCUT2D eigenvalue weighted by Crippen LogP contribution is 2.24. The van der Waals surface area contributed by atoms with E-state index in [2.05, 4.69) is 55.1 Å². The van der Waals surface area contributed by atoms with Gasteiger partial charge in [0.05, 0.1) is 0 Å². The molecule has 0 radical (unpaired) electrons. The summed E-state index contributed by atoms with van der Waals surface area (Å²) in [6, 6.07) is 4.65. The number of hydrogen-bond donors (Lipinski definition) is 1. The zero-order valence-electron chi connectivity index (χ0n) is 13.2. The van der Waals surface area contributed by atoms with Crippen LogP contribution >= 0.6 is 22.9 Å². The van der Waals surface area contributed by atoms with Gasteiger partial charge >= 0.3 is 0 Å². The molecule has 1 N–H and O–H groups in total. The van der Waals surface area contributed by atoms with E-state index in [1.165, 1.54) is 9.75 Å². The van der Waals surface area contributed by atoms with Crippen LogP contribution in [-0.2, 0) is 6.42 Å². The van der Waals surface area contributed by atoms with E-state index in [9.17, 15) is 0 Å². The Labute approximate surface area is 135 Å². The van der Waals surface area contributed by atoms with Crippen molar-refractivity contribution in [1.82, 2.24) is 9.97 Å². The molecule has 0 aliphatic rings. The predicted octanol–water partition coefficient (Wildman–Crippen LogP) is 4.97. The van der Waals surface area contributed by atoms with Crippen molar-refractivity contribution < 1.29 is 0 Å². The Morgan fingerprint density at radius 2 is 1.90 bits per heavy atom. The van der Waals surface area contributed by atoms with Crippen LogP contribution in [0, 0.1) is 13.8 Å². The Hall–Kier alpha value is -1.13. The van der Waals surface area contributed by atoms with Crippen LogP contribution in [-0.4, -0.2) is 16.0 Å². The van der Waals surface area contributed by atoms with E-state index in [1.54, 1.807) is 0 Å². The third-order valence-electron chi connectivity index (χ3n) is 3.31. The molecule has 1 atom stereocenters. The average molecular weight is 324 g/mol. The molecule has 0 saturated carbocycles. The van der Waals surface area contributed by atoms with Crippen molar-refractivity contribution >= 4 is 28.8 Å². The molecule has 0 aliphatic heterocycles. The lowest BCUT2D eigenvalue weighted by Gasteiger charge is -2.17. The van der Waals surface area contributed by atoms with E-state index in [4.69, 9.17) is 11.6 Å². The highest BCUT2D eigenvalue weighted by molar-refractivity contribution is 7.11. The SMILES string of the molecule is Cc1ccc(CC(C)Nc2nc(C(C)C)nc(Cl)c2C)s1. The van der Waals surface area contributed by atoms with Crippen molar-refractivity contribution in [3.8, 4) is 0 Å². The number of aromatic nitrogens is 2. The molecule has 0 amide bonds. The van der Waals surface area contributed by atoms with Gasteiger partial charge in [-0.25, -0.2) is 9.97 Å². The van der Waals surface area contributed by atoms with Crippen molar-refractivity contribution in [2.45, 2.75) is 53.0 Å². The Balaban J connectivity index is 2.14. The van der Waals surface area contributed by atoms with Gasteiger partial charge in [-0.2, -0.15) is 0 Å². The molecule has 2 aromatic rings. The summed E-state index contributed by atoms with van der Waals surface area (Å²) in [6.45, 7) is 10.4. The molecule has 0 aromatic carbocycles. The van der Waals surface area contributed by atoms with Crippen LogP contribution in [0.15, 0.2) is 12.1 Å². The van der Waals surface area contributed by atoms with Crippen LogP contribution in [0.2, 0.25) is 5.15 Å². The van der Waals surface area contributed by atoms with Crippen LogP contribution in [0.3, 0.4) is 0 Å². The highest BCUT2D eigenvalue weighted by atomic mass is 35.5. The van der Waals surface area contributed by atoms with E-state index in [0.717, 1.165) is 23.6 Å². The van der Waals surface area contributed by atoms with E-state index in [-0.39, 0.29) is 5.92 Å². The van der Waals surface area contributed by atoms with E-state index < -0.39 is 0 Å². The van der Waals surface area contributed by atoms with Crippen molar-refractivity contribution in [2.24, 2.45) is 0 Å². The number of anilines is 1. The van der Waals surface area contributed by atoms with Gasteiger partial charge in [-0.3, -0.25) is 0 Å². The fraction of sp³-hybridized carbons (Fsp3) is 0.500. The molecule has 5 heteroatoms. The molecule has 0 bridgehead atoms. The van der Waals surface area contributed by atoms with Crippen LogP contribution in [0.25, 0.3) is 0 Å². The zero-order chi connectivity index (χ0) is 15.6. The van der Waals surface area contributed by atoms with Crippen molar-refractivity contribution in [3.05, 3.63) is 38.4 Å². The van der Waals surface area contributed by atoms with Crippen LogP contribution in [0.4, 0.5) is 5.82 Å². The molecular formula is C16H22ClN3S. The fourth-order valence-electron chi connectivity index (χ4n) is 2.09. The Kier molecular flexibility index (Phi) is 5.22. The van der Waals surface area contributed by atoms with Gasteiger partial charge in [0.1, 0.15) is 16.8 Å². The number of rotatable bonds is 5. The van der Waals surface area contributed by atoms with E-state index in [0.29, 0.717) is 11.2 Å². The summed E-state index contributed by atoms with van der Waals surface area (Å²) in [5.74, 6) is 1.89.